The fourth-order valence-corrected chi connectivity index (χ4v) is 7.69. The highest BCUT2D eigenvalue weighted by atomic mass is 16.6. The summed E-state index contributed by atoms with van der Waals surface area (Å²) < 4.78 is 26.7. The van der Waals surface area contributed by atoms with Crippen LogP contribution in [0.1, 0.15) is 143 Å². The molecule has 8 rings (SSSR count). The van der Waals surface area contributed by atoms with E-state index < -0.39 is 29.3 Å². The topological polar surface area (TPSA) is 293 Å². The molecule has 0 aromatic carbocycles. The van der Waals surface area contributed by atoms with Gasteiger partial charge in [0.2, 0.25) is 11.8 Å². The number of nitrogens with zero attached hydrogens (tertiary/aromatic N) is 6. The Morgan fingerprint density at radius 1 is 0.638 bits per heavy atom. The number of azide groups is 1. The maximum Gasteiger partial charge on any atom is 0.407 e. The van der Waals surface area contributed by atoms with Crippen LogP contribution in [0.25, 0.3) is 10.4 Å². The lowest BCUT2D eigenvalue weighted by Crippen LogP contribution is -2.32. The van der Waals surface area contributed by atoms with Crippen LogP contribution in [0.3, 0.4) is 0 Å². The SMILES string of the molecule is CC(C)(C)OC(=O)NCc1nc(N)ccc1C1CCOC1.CC(C)(C)OC(=O)NCc1nc(NC(=O)C2CC2)ccc1C1CCOC1.[N-]=[N+]=NC(=O)c1nc(NC(=O)C2CC2)ccc1C1CCOC1. The normalized spacial score (nSPS) is 19.6. The van der Waals surface area contributed by atoms with Crippen LogP contribution in [0.4, 0.5) is 27.0 Å². The van der Waals surface area contributed by atoms with Crippen LogP contribution in [0.5, 0.6) is 0 Å². The van der Waals surface area contributed by atoms with Crippen molar-refractivity contribution in [3.8, 4) is 0 Å². The monoisotopic (exact) mass is 955 g/mol. The fourth-order valence-electron chi connectivity index (χ4n) is 7.69. The molecular formula is C48H65N11O10. The van der Waals surface area contributed by atoms with Gasteiger partial charge in [0.05, 0.1) is 44.3 Å². The lowest BCUT2D eigenvalue weighted by Gasteiger charge is -2.20. The summed E-state index contributed by atoms with van der Waals surface area (Å²) in [7, 11) is 0. The van der Waals surface area contributed by atoms with E-state index in [1.807, 2.05) is 59.7 Å². The van der Waals surface area contributed by atoms with E-state index in [4.69, 9.17) is 34.9 Å². The Morgan fingerprint density at radius 2 is 1.06 bits per heavy atom. The number of amides is 5. The van der Waals surface area contributed by atoms with Crippen LogP contribution in [0.2, 0.25) is 0 Å². The third-order valence-electron chi connectivity index (χ3n) is 11.4. The van der Waals surface area contributed by atoms with Gasteiger partial charge in [-0.05, 0) is 132 Å². The summed E-state index contributed by atoms with van der Waals surface area (Å²) in [4.78, 5) is 75.1. The Kier molecular flexibility index (Phi) is 17.9. The molecule has 3 aromatic heterocycles. The highest BCUT2D eigenvalue weighted by molar-refractivity contribution is 5.97. The van der Waals surface area contributed by atoms with Gasteiger partial charge in [0.15, 0.2) is 0 Å². The summed E-state index contributed by atoms with van der Waals surface area (Å²) in [5, 5.41) is 14.2. The van der Waals surface area contributed by atoms with E-state index in [2.05, 4.69) is 46.2 Å². The number of nitrogens with one attached hydrogen (secondary N) is 4. The molecule has 2 aliphatic carbocycles. The van der Waals surface area contributed by atoms with Crippen molar-refractivity contribution in [1.29, 1.82) is 0 Å². The molecule has 3 aromatic rings. The zero-order valence-corrected chi connectivity index (χ0v) is 40.3. The summed E-state index contributed by atoms with van der Waals surface area (Å²) in [5.41, 5.74) is 17.6. The number of ether oxygens (including phenoxy) is 5. The van der Waals surface area contributed by atoms with Crippen molar-refractivity contribution in [2.45, 2.75) is 129 Å². The number of hydrogen-bond acceptors (Lipinski definition) is 14. The molecule has 3 unspecified atom stereocenters. The maximum atomic E-state index is 12.0. The van der Waals surface area contributed by atoms with Gasteiger partial charge in [-0.15, -0.1) is 0 Å². The standard InChI is InChI=1S/C19H27N3O4.C15H23N3O3.C14H15N5O3/c1-19(2,3)26-18(24)20-10-15-14(13-8-9-25-11-13)6-7-16(21-15)22-17(23)12-4-5-12;1-15(2,3)21-14(19)17-8-12-11(4-5-13(16)18-12)10-6-7-20-9-10;15-19-18-14(21)12-10(9-5-6-22-7-9)3-4-11(16-12)17-13(20)8-1-2-8/h6-7,12-13H,4-5,8-11H2,1-3H3,(H,20,24)(H,21,22,23);4-5,10H,6-9H2,1-3H3,(H2,16,18)(H,17,19);3-4,8-9H,1-2,5-7H2,(H,16,17,20). The van der Waals surface area contributed by atoms with E-state index in [9.17, 15) is 24.0 Å². The van der Waals surface area contributed by atoms with Crippen molar-refractivity contribution >= 4 is 47.4 Å². The number of carbonyl (C=O) groups excluding carboxylic acids is 5. The van der Waals surface area contributed by atoms with Crippen LogP contribution in [-0.4, -0.2) is 95.7 Å². The molecule has 3 atom stereocenters. The van der Waals surface area contributed by atoms with Crippen LogP contribution in [-0.2, 0) is 46.4 Å². The third kappa shape index (κ3) is 16.7. The molecule has 5 fully saturated rings. The second-order valence-electron chi connectivity index (χ2n) is 19.6. The molecule has 0 bridgehead atoms. The average molecular weight is 956 g/mol. The first-order valence-corrected chi connectivity index (χ1v) is 23.5. The second kappa shape index (κ2) is 23.7. The van der Waals surface area contributed by atoms with Crippen molar-refractivity contribution < 1.29 is 47.7 Å². The number of aromatic nitrogens is 3. The Bertz CT molecular complexity index is 2350. The van der Waals surface area contributed by atoms with Gasteiger partial charge in [0, 0.05) is 54.3 Å². The van der Waals surface area contributed by atoms with Gasteiger partial charge in [-0.25, -0.2) is 24.5 Å². The lowest BCUT2D eigenvalue weighted by atomic mass is 9.96. The number of nitrogens with two attached hydrogens (primary N) is 1. The molecule has 6 N–H and O–H groups in total. The zero-order chi connectivity index (χ0) is 49.7. The van der Waals surface area contributed by atoms with Gasteiger partial charge in [-0.1, -0.05) is 18.2 Å². The van der Waals surface area contributed by atoms with Crippen LogP contribution in [0.15, 0.2) is 41.5 Å². The number of nitrogen functional groups attached to an aromatic ring is 1. The highest BCUT2D eigenvalue weighted by Crippen LogP contribution is 2.34. The van der Waals surface area contributed by atoms with E-state index in [1.165, 1.54) is 0 Å². The van der Waals surface area contributed by atoms with Gasteiger partial charge in [-0.2, -0.15) is 0 Å². The van der Waals surface area contributed by atoms with Gasteiger partial charge in [-0.3, -0.25) is 14.4 Å². The van der Waals surface area contributed by atoms with Crippen LogP contribution < -0.4 is 27.0 Å². The minimum absolute atomic E-state index is 0.0144. The molecule has 3 saturated heterocycles. The molecule has 5 aliphatic rings. The predicted octanol–water partition coefficient (Wildman–Crippen LogP) is 7.54. The lowest BCUT2D eigenvalue weighted by molar-refractivity contribution is -0.118. The maximum absolute atomic E-state index is 12.0. The van der Waals surface area contributed by atoms with E-state index in [-0.39, 0.29) is 47.7 Å². The number of hydrogen-bond donors (Lipinski definition) is 5. The molecule has 21 heteroatoms. The molecule has 5 amide bonds. The van der Waals surface area contributed by atoms with Crippen molar-refractivity contribution in [2.75, 3.05) is 56.0 Å². The smallest absolute Gasteiger partial charge is 0.407 e. The largest absolute Gasteiger partial charge is 0.444 e. The minimum atomic E-state index is -0.744. The number of rotatable bonds is 12. The molecule has 2 saturated carbocycles. The van der Waals surface area contributed by atoms with Gasteiger partial charge >= 0.3 is 12.2 Å². The molecular weight excluding hydrogens is 891 g/mol. The summed E-state index contributed by atoms with van der Waals surface area (Å²) in [5.74, 6) is 1.22. The summed E-state index contributed by atoms with van der Waals surface area (Å²) in [6.07, 6.45) is 5.38. The molecule has 6 heterocycles. The Balaban J connectivity index is 0.000000171. The Labute approximate surface area is 401 Å². The third-order valence-corrected chi connectivity index (χ3v) is 11.4. The zero-order valence-electron chi connectivity index (χ0n) is 40.3. The average Bonchev–Trinajstić information content (AvgIpc) is 4.11. The summed E-state index contributed by atoms with van der Waals surface area (Å²) in [6.45, 7) is 15.4. The fraction of sp³-hybridized carbons (Fsp3) is 0.583. The first-order chi connectivity index (χ1) is 32.9. The van der Waals surface area contributed by atoms with Crippen molar-refractivity contribution in [3.63, 3.8) is 0 Å². The second-order valence-corrected chi connectivity index (χ2v) is 19.6. The van der Waals surface area contributed by atoms with Crippen molar-refractivity contribution in [3.05, 3.63) is 80.6 Å². The molecule has 3 aliphatic heterocycles. The Hall–Kier alpha value is -6.41. The van der Waals surface area contributed by atoms with Gasteiger partial charge in [0.25, 0.3) is 5.91 Å². The molecule has 0 spiro atoms. The number of carbonyl (C=O) groups is 5. The van der Waals surface area contributed by atoms with E-state index in [0.29, 0.717) is 61.9 Å². The molecule has 0 radical (unpaired) electrons. The molecule has 21 nitrogen and oxygen atoms in total. The summed E-state index contributed by atoms with van der Waals surface area (Å²) in [6, 6.07) is 11.0. The minimum Gasteiger partial charge on any atom is -0.444 e. The first-order valence-electron chi connectivity index (χ1n) is 23.5. The Morgan fingerprint density at radius 3 is 1.48 bits per heavy atom. The highest BCUT2D eigenvalue weighted by Gasteiger charge is 2.32. The molecule has 372 valence electrons. The van der Waals surface area contributed by atoms with E-state index in [1.54, 1.807) is 18.2 Å². The van der Waals surface area contributed by atoms with Crippen LogP contribution in [0, 0.1) is 11.8 Å². The van der Waals surface area contributed by atoms with Gasteiger partial charge in [0.1, 0.15) is 34.3 Å². The number of pyridine rings is 3. The predicted molar refractivity (Wildman–Crippen MR) is 254 cm³/mol. The number of anilines is 3. The van der Waals surface area contributed by atoms with Gasteiger partial charge < -0.3 is 50.7 Å². The van der Waals surface area contributed by atoms with Crippen molar-refractivity contribution in [1.82, 2.24) is 25.6 Å². The first kappa shape index (κ1) is 52.0. The van der Waals surface area contributed by atoms with E-state index in [0.717, 1.165) is 80.7 Å². The van der Waals surface area contributed by atoms with E-state index >= 15 is 0 Å². The van der Waals surface area contributed by atoms with Crippen LogP contribution >= 0.6 is 0 Å². The quantitative estimate of drug-likeness (QED) is 0.0666. The number of alkyl carbamates (subject to hydrolysis) is 2. The van der Waals surface area contributed by atoms with Crippen molar-refractivity contribution in [2.24, 2.45) is 17.0 Å². The molecule has 69 heavy (non-hydrogen) atoms. The summed E-state index contributed by atoms with van der Waals surface area (Å²) >= 11 is 0.